The minimum absolute atomic E-state index is 0.380. The standard InChI is InChI=1S/C15H13N5OS/c1-22-15-12(9-16)14(20-13(18-15)7-8-17-20)19-21-10-11-5-3-2-4-6-11/h2-8,19H,10H2,1H3. The van der Waals surface area contributed by atoms with Gasteiger partial charge in [-0.25, -0.2) is 10.5 Å². The van der Waals surface area contributed by atoms with Gasteiger partial charge in [0.15, 0.2) is 11.5 Å². The van der Waals surface area contributed by atoms with Crippen molar-refractivity contribution in [2.24, 2.45) is 0 Å². The highest BCUT2D eigenvalue weighted by atomic mass is 32.2. The predicted octanol–water partition coefficient (Wildman–Crippen LogP) is 2.87. The smallest absolute Gasteiger partial charge is 0.174 e. The lowest BCUT2D eigenvalue weighted by Gasteiger charge is -2.12. The van der Waals surface area contributed by atoms with Gasteiger partial charge in [-0.05, 0) is 11.8 Å². The third-order valence-electron chi connectivity index (χ3n) is 3.06. The second-order valence-corrected chi connectivity index (χ2v) is 5.23. The Labute approximate surface area is 131 Å². The molecule has 0 saturated heterocycles. The number of aromatic nitrogens is 3. The van der Waals surface area contributed by atoms with Crippen LogP contribution in [0.15, 0.2) is 47.6 Å². The van der Waals surface area contributed by atoms with Crippen LogP contribution in [-0.4, -0.2) is 20.9 Å². The number of hydrogen-bond acceptors (Lipinski definition) is 6. The number of thioether (sulfide) groups is 1. The molecule has 0 fully saturated rings. The second kappa shape index (κ2) is 6.47. The summed E-state index contributed by atoms with van der Waals surface area (Å²) >= 11 is 1.41. The Balaban J connectivity index is 1.89. The van der Waals surface area contributed by atoms with Crippen LogP contribution in [0.3, 0.4) is 0 Å². The van der Waals surface area contributed by atoms with Gasteiger partial charge in [-0.3, -0.25) is 4.84 Å². The first-order valence-corrected chi connectivity index (χ1v) is 7.79. The zero-order chi connectivity index (χ0) is 15.4. The van der Waals surface area contributed by atoms with E-state index in [0.717, 1.165) is 5.56 Å². The van der Waals surface area contributed by atoms with Crippen molar-refractivity contribution in [1.29, 1.82) is 5.26 Å². The van der Waals surface area contributed by atoms with E-state index in [1.165, 1.54) is 11.8 Å². The first-order valence-electron chi connectivity index (χ1n) is 6.57. The van der Waals surface area contributed by atoms with Gasteiger partial charge in [0.1, 0.15) is 16.7 Å². The molecule has 0 aliphatic rings. The molecule has 0 spiro atoms. The molecule has 0 radical (unpaired) electrons. The van der Waals surface area contributed by atoms with Crippen molar-refractivity contribution in [3.8, 4) is 6.07 Å². The molecule has 6 nitrogen and oxygen atoms in total. The quantitative estimate of drug-likeness (QED) is 0.443. The lowest BCUT2D eigenvalue weighted by Crippen LogP contribution is -2.10. The Hall–Kier alpha value is -2.56. The zero-order valence-electron chi connectivity index (χ0n) is 11.9. The van der Waals surface area contributed by atoms with E-state index in [4.69, 9.17) is 4.84 Å². The predicted molar refractivity (Wildman–Crippen MR) is 84.3 cm³/mol. The van der Waals surface area contributed by atoms with E-state index in [1.807, 2.05) is 36.6 Å². The number of fused-ring (bicyclic) bond motifs is 1. The molecule has 3 aromatic rings. The van der Waals surface area contributed by atoms with Crippen molar-refractivity contribution in [2.75, 3.05) is 11.7 Å². The molecule has 0 aliphatic heterocycles. The average molecular weight is 311 g/mol. The van der Waals surface area contributed by atoms with E-state index in [1.54, 1.807) is 16.8 Å². The minimum Gasteiger partial charge on any atom is -0.270 e. The van der Waals surface area contributed by atoms with E-state index in [0.29, 0.717) is 28.7 Å². The number of nitrogens with zero attached hydrogens (tertiary/aromatic N) is 4. The Kier molecular flexibility index (Phi) is 4.23. The molecule has 110 valence electrons. The Bertz CT molecular complexity index is 825. The van der Waals surface area contributed by atoms with Crippen molar-refractivity contribution < 1.29 is 4.84 Å². The van der Waals surface area contributed by atoms with Gasteiger partial charge in [-0.1, -0.05) is 30.3 Å². The van der Waals surface area contributed by atoms with Crippen LogP contribution in [0.5, 0.6) is 0 Å². The van der Waals surface area contributed by atoms with E-state index in [-0.39, 0.29) is 0 Å². The number of nitriles is 1. The maximum absolute atomic E-state index is 9.40. The van der Waals surface area contributed by atoms with Crippen molar-refractivity contribution in [3.63, 3.8) is 0 Å². The number of rotatable bonds is 5. The van der Waals surface area contributed by atoms with Crippen molar-refractivity contribution in [3.05, 3.63) is 53.7 Å². The molecular formula is C15H13N5OS. The van der Waals surface area contributed by atoms with Crippen molar-refractivity contribution in [1.82, 2.24) is 14.6 Å². The van der Waals surface area contributed by atoms with E-state index >= 15 is 0 Å². The minimum atomic E-state index is 0.380. The highest BCUT2D eigenvalue weighted by Crippen LogP contribution is 2.25. The monoisotopic (exact) mass is 311 g/mol. The molecule has 0 saturated carbocycles. The van der Waals surface area contributed by atoms with E-state index < -0.39 is 0 Å². The zero-order valence-corrected chi connectivity index (χ0v) is 12.7. The Morgan fingerprint density at radius 2 is 2.14 bits per heavy atom. The summed E-state index contributed by atoms with van der Waals surface area (Å²) in [6.07, 6.45) is 3.51. The third kappa shape index (κ3) is 2.74. The van der Waals surface area contributed by atoms with Crippen LogP contribution in [0, 0.1) is 11.3 Å². The van der Waals surface area contributed by atoms with Gasteiger partial charge in [0, 0.05) is 6.07 Å². The van der Waals surface area contributed by atoms with Crippen LogP contribution in [-0.2, 0) is 11.4 Å². The molecule has 1 N–H and O–H groups in total. The number of nitrogens with one attached hydrogen (secondary N) is 1. The van der Waals surface area contributed by atoms with Gasteiger partial charge < -0.3 is 0 Å². The number of anilines is 1. The van der Waals surface area contributed by atoms with Crippen LogP contribution in [0.1, 0.15) is 11.1 Å². The van der Waals surface area contributed by atoms with Crippen LogP contribution < -0.4 is 5.48 Å². The molecule has 3 rings (SSSR count). The molecule has 0 amide bonds. The Morgan fingerprint density at radius 1 is 1.32 bits per heavy atom. The molecule has 0 bridgehead atoms. The second-order valence-electron chi connectivity index (χ2n) is 4.43. The molecule has 22 heavy (non-hydrogen) atoms. The summed E-state index contributed by atoms with van der Waals surface area (Å²) in [4.78, 5) is 9.92. The van der Waals surface area contributed by atoms with Crippen LogP contribution >= 0.6 is 11.8 Å². The molecule has 0 unspecified atom stereocenters. The van der Waals surface area contributed by atoms with Gasteiger partial charge >= 0.3 is 0 Å². The highest BCUT2D eigenvalue weighted by Gasteiger charge is 2.15. The topological polar surface area (TPSA) is 75.2 Å². The third-order valence-corrected chi connectivity index (χ3v) is 3.74. The molecule has 0 atom stereocenters. The summed E-state index contributed by atoms with van der Waals surface area (Å²) < 4.78 is 1.56. The number of hydrogen-bond donors (Lipinski definition) is 1. The fraction of sp³-hybridized carbons (Fsp3) is 0.133. The molecular weight excluding hydrogens is 298 g/mol. The maximum atomic E-state index is 9.40. The Morgan fingerprint density at radius 3 is 2.86 bits per heavy atom. The molecule has 7 heteroatoms. The van der Waals surface area contributed by atoms with E-state index in [9.17, 15) is 5.26 Å². The van der Waals surface area contributed by atoms with Gasteiger partial charge in [-0.2, -0.15) is 14.9 Å². The fourth-order valence-corrected chi connectivity index (χ4v) is 2.56. The van der Waals surface area contributed by atoms with Gasteiger partial charge in [0.2, 0.25) is 0 Å². The van der Waals surface area contributed by atoms with Crippen LogP contribution in [0.25, 0.3) is 5.65 Å². The first-order chi connectivity index (χ1) is 10.8. The van der Waals surface area contributed by atoms with Crippen molar-refractivity contribution >= 4 is 23.2 Å². The van der Waals surface area contributed by atoms with E-state index in [2.05, 4.69) is 21.6 Å². The summed E-state index contributed by atoms with van der Waals surface area (Å²) in [5.74, 6) is 0.484. The molecule has 0 aliphatic carbocycles. The summed E-state index contributed by atoms with van der Waals surface area (Å²) in [7, 11) is 0. The summed E-state index contributed by atoms with van der Waals surface area (Å²) in [6.45, 7) is 0.380. The molecule has 1 aromatic carbocycles. The summed E-state index contributed by atoms with van der Waals surface area (Å²) in [5.41, 5.74) is 4.95. The maximum Gasteiger partial charge on any atom is 0.174 e. The SMILES string of the molecule is CSc1nc2ccnn2c(NOCc2ccccc2)c1C#N. The largest absolute Gasteiger partial charge is 0.270 e. The normalized spacial score (nSPS) is 10.5. The molecule has 2 aromatic heterocycles. The highest BCUT2D eigenvalue weighted by molar-refractivity contribution is 7.98. The average Bonchev–Trinajstić information content (AvgIpc) is 3.03. The van der Waals surface area contributed by atoms with Gasteiger partial charge in [0.25, 0.3) is 0 Å². The first kappa shape index (κ1) is 14.4. The van der Waals surface area contributed by atoms with Crippen molar-refractivity contribution in [2.45, 2.75) is 11.6 Å². The summed E-state index contributed by atoms with van der Waals surface area (Å²) in [6, 6.07) is 13.7. The van der Waals surface area contributed by atoms with Crippen LogP contribution in [0.2, 0.25) is 0 Å². The van der Waals surface area contributed by atoms with Crippen LogP contribution in [0.4, 0.5) is 5.82 Å². The fourth-order valence-electron chi connectivity index (χ4n) is 2.03. The molecule has 2 heterocycles. The van der Waals surface area contributed by atoms with Gasteiger partial charge in [0.05, 0.1) is 12.8 Å². The van der Waals surface area contributed by atoms with Gasteiger partial charge in [-0.15, -0.1) is 11.8 Å². The number of benzene rings is 1. The summed E-state index contributed by atoms with van der Waals surface area (Å²) in [5, 5.41) is 14.2. The lowest BCUT2D eigenvalue weighted by molar-refractivity contribution is 0.178. The lowest BCUT2D eigenvalue weighted by atomic mass is 10.2.